The van der Waals surface area contributed by atoms with Gasteiger partial charge in [-0.05, 0) is 19.8 Å². The molecular weight excluding hydrogens is 286 g/mol. The zero-order chi connectivity index (χ0) is 15.5. The average molecular weight is 305 g/mol. The van der Waals surface area contributed by atoms with Gasteiger partial charge in [0.2, 0.25) is 0 Å². The molecule has 1 aromatic rings. The molecule has 0 aromatic carbocycles. The summed E-state index contributed by atoms with van der Waals surface area (Å²) in [5.41, 5.74) is 0.481. The van der Waals surface area contributed by atoms with Gasteiger partial charge in [-0.15, -0.1) is 0 Å². The van der Waals surface area contributed by atoms with Gasteiger partial charge in [-0.25, -0.2) is 8.42 Å². The molecule has 1 aromatic heterocycles. The van der Waals surface area contributed by atoms with Crippen LogP contribution in [0.25, 0.3) is 0 Å². The van der Waals surface area contributed by atoms with Gasteiger partial charge in [-0.3, -0.25) is 14.3 Å². The zero-order valence-electron chi connectivity index (χ0n) is 11.9. The van der Waals surface area contributed by atoms with Crippen molar-refractivity contribution in [3.8, 4) is 0 Å². The Morgan fingerprint density at radius 1 is 1.45 bits per heavy atom. The molecule has 0 fully saturated rings. The average Bonchev–Trinajstić information content (AvgIpc) is 2.52. The Bertz CT molecular complexity index is 591. The fourth-order valence-corrected chi connectivity index (χ4v) is 2.90. The monoisotopic (exact) mass is 305 g/mol. The third kappa shape index (κ3) is 4.02. The molecule has 8 nitrogen and oxygen atoms in total. The minimum absolute atomic E-state index is 0.0532. The molecule has 1 heterocycles. The minimum atomic E-state index is -3.88. The highest BCUT2D eigenvalue weighted by molar-refractivity contribution is 7.89. The Morgan fingerprint density at radius 2 is 2.05 bits per heavy atom. The van der Waals surface area contributed by atoms with Crippen LogP contribution in [-0.4, -0.2) is 35.9 Å². The lowest BCUT2D eigenvalue weighted by Crippen LogP contribution is -2.27. The lowest BCUT2D eigenvalue weighted by molar-refractivity contribution is -0.137. The number of sulfonamides is 1. The van der Waals surface area contributed by atoms with Crippen molar-refractivity contribution in [3.05, 3.63) is 11.4 Å². The molecule has 2 N–H and O–H groups in total. The van der Waals surface area contributed by atoms with E-state index in [9.17, 15) is 13.2 Å². The highest BCUT2D eigenvalue weighted by atomic mass is 32.2. The predicted octanol–water partition coefficient (Wildman–Crippen LogP) is 0.450. The molecule has 0 atom stereocenters. The number of hydrogen-bond acceptors (Lipinski definition) is 5. The first-order chi connectivity index (χ1) is 9.15. The number of carbonyl (C=O) groups is 1. The van der Waals surface area contributed by atoms with Crippen LogP contribution in [0.1, 0.15) is 25.2 Å². The van der Waals surface area contributed by atoms with Crippen molar-refractivity contribution >= 4 is 16.0 Å². The third-order valence-corrected chi connectivity index (χ3v) is 3.92. The van der Waals surface area contributed by atoms with E-state index in [1.54, 1.807) is 0 Å². The van der Waals surface area contributed by atoms with Crippen molar-refractivity contribution in [3.63, 3.8) is 0 Å². The summed E-state index contributed by atoms with van der Waals surface area (Å²) in [5.74, 6) is -0.918. The largest absolute Gasteiger partial charge is 0.480 e. The van der Waals surface area contributed by atoms with Gasteiger partial charge in [0.1, 0.15) is 11.4 Å². The standard InChI is InChI=1S/C11H19N3O5S/c1-7(2)6-19-13-20(17,18)11-8(3)12-14(9(11)4)5-10(15)16/h7,13H,5-6H2,1-4H3,(H,15,16). The van der Waals surface area contributed by atoms with Crippen LogP contribution in [0.15, 0.2) is 4.90 Å². The molecule has 0 spiro atoms. The Kier molecular flexibility index (Phi) is 5.26. The van der Waals surface area contributed by atoms with Gasteiger partial charge in [0.25, 0.3) is 10.0 Å². The van der Waals surface area contributed by atoms with Crippen molar-refractivity contribution in [2.24, 2.45) is 5.92 Å². The second-order valence-corrected chi connectivity index (χ2v) is 6.42. The summed E-state index contributed by atoms with van der Waals surface area (Å²) in [6.45, 7) is 6.61. The van der Waals surface area contributed by atoms with E-state index in [1.165, 1.54) is 13.8 Å². The van der Waals surface area contributed by atoms with Crippen molar-refractivity contribution < 1.29 is 23.2 Å². The van der Waals surface area contributed by atoms with E-state index in [-0.39, 0.29) is 28.8 Å². The molecule has 0 aliphatic rings. The summed E-state index contributed by atoms with van der Waals surface area (Å²) in [6, 6.07) is 0. The lowest BCUT2D eigenvalue weighted by Gasteiger charge is -2.09. The van der Waals surface area contributed by atoms with E-state index in [4.69, 9.17) is 9.94 Å². The molecule has 9 heteroatoms. The zero-order valence-corrected chi connectivity index (χ0v) is 12.7. The van der Waals surface area contributed by atoms with Crippen LogP contribution in [0.4, 0.5) is 0 Å². The number of aliphatic carboxylic acids is 1. The number of carboxylic acids is 1. The molecular formula is C11H19N3O5S. The van der Waals surface area contributed by atoms with Crippen molar-refractivity contribution in [1.29, 1.82) is 0 Å². The summed E-state index contributed by atoms with van der Waals surface area (Å²) in [4.78, 5) is 17.6. The molecule has 114 valence electrons. The third-order valence-electron chi connectivity index (χ3n) is 2.45. The molecule has 0 amide bonds. The lowest BCUT2D eigenvalue weighted by atomic mass is 10.2. The molecule has 0 bridgehead atoms. The molecule has 1 rings (SSSR count). The number of nitrogens with one attached hydrogen (secondary N) is 1. The first kappa shape index (κ1) is 16.6. The predicted molar refractivity (Wildman–Crippen MR) is 70.4 cm³/mol. The minimum Gasteiger partial charge on any atom is -0.480 e. The van der Waals surface area contributed by atoms with E-state index in [1.807, 2.05) is 18.7 Å². The van der Waals surface area contributed by atoms with E-state index in [0.29, 0.717) is 0 Å². The number of aryl methyl sites for hydroxylation is 1. The molecule has 0 unspecified atom stereocenters. The topological polar surface area (TPSA) is 111 Å². The summed E-state index contributed by atoms with van der Waals surface area (Å²) in [5, 5.41) is 12.7. The molecule has 0 saturated carbocycles. The van der Waals surface area contributed by atoms with Crippen LogP contribution >= 0.6 is 0 Å². The number of aromatic nitrogens is 2. The number of nitrogens with zero attached hydrogens (tertiary/aromatic N) is 2. The van der Waals surface area contributed by atoms with Crippen molar-refractivity contribution in [2.45, 2.75) is 39.1 Å². The molecule has 0 aliphatic heterocycles. The van der Waals surface area contributed by atoms with Crippen LogP contribution < -0.4 is 4.89 Å². The highest BCUT2D eigenvalue weighted by Gasteiger charge is 2.25. The van der Waals surface area contributed by atoms with Gasteiger partial charge in [0, 0.05) is 0 Å². The fourth-order valence-electron chi connectivity index (χ4n) is 1.67. The maximum absolute atomic E-state index is 12.1. The van der Waals surface area contributed by atoms with Crippen LogP contribution in [-0.2, 0) is 26.2 Å². The summed E-state index contributed by atoms with van der Waals surface area (Å²) >= 11 is 0. The summed E-state index contributed by atoms with van der Waals surface area (Å²) < 4.78 is 25.4. The molecule has 0 aliphatic carbocycles. The van der Waals surface area contributed by atoms with Gasteiger partial charge < -0.3 is 5.11 Å². The van der Waals surface area contributed by atoms with Crippen LogP contribution in [0.3, 0.4) is 0 Å². The van der Waals surface area contributed by atoms with Crippen LogP contribution in [0.2, 0.25) is 0 Å². The normalized spacial score (nSPS) is 12.1. The van der Waals surface area contributed by atoms with Gasteiger partial charge in [-0.1, -0.05) is 18.7 Å². The van der Waals surface area contributed by atoms with E-state index >= 15 is 0 Å². The fraction of sp³-hybridized carbons (Fsp3) is 0.636. The maximum atomic E-state index is 12.1. The van der Waals surface area contributed by atoms with E-state index in [0.717, 1.165) is 4.68 Å². The first-order valence-electron chi connectivity index (χ1n) is 6.04. The molecule has 0 saturated heterocycles. The number of hydrogen-bond donors (Lipinski definition) is 2. The van der Waals surface area contributed by atoms with Crippen molar-refractivity contribution in [2.75, 3.05) is 6.61 Å². The second-order valence-electron chi connectivity index (χ2n) is 4.84. The Balaban J connectivity index is 3.00. The maximum Gasteiger partial charge on any atom is 0.325 e. The highest BCUT2D eigenvalue weighted by Crippen LogP contribution is 2.19. The van der Waals surface area contributed by atoms with E-state index < -0.39 is 22.5 Å². The first-order valence-corrected chi connectivity index (χ1v) is 7.53. The second kappa shape index (κ2) is 6.33. The molecule has 20 heavy (non-hydrogen) atoms. The SMILES string of the molecule is Cc1nn(CC(=O)O)c(C)c1S(=O)(=O)NOCC(C)C. The van der Waals surface area contributed by atoms with Gasteiger partial charge >= 0.3 is 5.97 Å². The van der Waals surface area contributed by atoms with Gasteiger partial charge in [0.15, 0.2) is 0 Å². The number of carboxylic acid groups (broad SMARTS) is 1. The Labute approximate surface area is 117 Å². The van der Waals surface area contributed by atoms with Crippen LogP contribution in [0, 0.1) is 19.8 Å². The summed E-state index contributed by atoms with van der Waals surface area (Å²) in [6.07, 6.45) is 0. The van der Waals surface area contributed by atoms with E-state index in [2.05, 4.69) is 5.10 Å². The van der Waals surface area contributed by atoms with Crippen LogP contribution in [0.5, 0.6) is 0 Å². The Hall–Kier alpha value is -1.45. The smallest absolute Gasteiger partial charge is 0.325 e. The Morgan fingerprint density at radius 3 is 2.55 bits per heavy atom. The quantitative estimate of drug-likeness (QED) is 0.708. The number of rotatable bonds is 7. The molecule has 0 radical (unpaired) electrons. The van der Waals surface area contributed by atoms with Gasteiger partial charge in [-0.2, -0.15) is 5.10 Å². The van der Waals surface area contributed by atoms with Gasteiger partial charge in [0.05, 0.1) is 18.0 Å². The van der Waals surface area contributed by atoms with Crippen molar-refractivity contribution in [1.82, 2.24) is 14.7 Å². The summed E-state index contributed by atoms with van der Waals surface area (Å²) in [7, 11) is -3.88.